The maximum absolute atomic E-state index is 4.05. The summed E-state index contributed by atoms with van der Waals surface area (Å²) < 4.78 is 0. The second-order valence-corrected chi connectivity index (χ2v) is 5.80. The Balaban J connectivity index is 1.55. The zero-order valence-corrected chi connectivity index (χ0v) is 12.1. The average Bonchev–Trinajstić information content (AvgIpc) is 2.46. The van der Waals surface area contributed by atoms with Gasteiger partial charge in [0.25, 0.3) is 0 Å². The Bertz CT molecular complexity index is 333. The number of likely N-dealkylation sites (N-methyl/N-ethyl adjacent to an activating group) is 1. The van der Waals surface area contributed by atoms with Crippen molar-refractivity contribution in [1.82, 2.24) is 15.2 Å². The molecule has 1 aromatic rings. The molecule has 1 fully saturated rings. The highest BCUT2D eigenvalue weighted by atomic mass is 15.1. The molecule has 0 bridgehead atoms. The van der Waals surface area contributed by atoms with Gasteiger partial charge >= 0.3 is 0 Å². The molecule has 1 N–H and O–H groups in total. The molecular formula is C16H27N3. The van der Waals surface area contributed by atoms with Crippen LogP contribution in [0.4, 0.5) is 0 Å². The molecule has 0 atom stereocenters. The minimum atomic E-state index is 0.930. The van der Waals surface area contributed by atoms with Crippen LogP contribution in [0, 0.1) is 5.92 Å². The number of aromatic nitrogens is 1. The summed E-state index contributed by atoms with van der Waals surface area (Å²) >= 11 is 0. The number of nitrogens with one attached hydrogen (secondary N) is 1. The fourth-order valence-corrected chi connectivity index (χ4v) is 2.85. The van der Waals surface area contributed by atoms with Crippen LogP contribution in [0.1, 0.15) is 37.7 Å². The second kappa shape index (κ2) is 8.28. The molecule has 0 saturated heterocycles. The number of rotatable bonds is 7. The lowest BCUT2D eigenvalue weighted by atomic mass is 9.89. The van der Waals surface area contributed by atoms with Crippen molar-refractivity contribution in [2.24, 2.45) is 5.92 Å². The minimum Gasteiger partial charge on any atom is -0.315 e. The first-order chi connectivity index (χ1) is 9.34. The van der Waals surface area contributed by atoms with E-state index in [1.54, 1.807) is 0 Å². The molecule has 1 aromatic heterocycles. The molecule has 2 rings (SSSR count). The van der Waals surface area contributed by atoms with Gasteiger partial charge < -0.3 is 10.2 Å². The number of hydrogen-bond donors (Lipinski definition) is 1. The van der Waals surface area contributed by atoms with Gasteiger partial charge in [-0.05, 0) is 50.0 Å². The molecule has 0 aromatic carbocycles. The third-order valence-electron chi connectivity index (χ3n) is 4.03. The predicted octanol–water partition coefficient (Wildman–Crippen LogP) is 2.68. The van der Waals surface area contributed by atoms with Gasteiger partial charge in [-0.3, -0.25) is 4.98 Å². The van der Waals surface area contributed by atoms with Gasteiger partial charge in [0.1, 0.15) is 0 Å². The lowest BCUT2D eigenvalue weighted by Gasteiger charge is -2.23. The first-order valence-corrected chi connectivity index (χ1v) is 7.63. The Labute approximate surface area is 117 Å². The summed E-state index contributed by atoms with van der Waals surface area (Å²) in [5, 5.41) is 3.62. The van der Waals surface area contributed by atoms with Gasteiger partial charge in [0, 0.05) is 32.0 Å². The zero-order valence-electron chi connectivity index (χ0n) is 12.1. The molecule has 0 aliphatic heterocycles. The third kappa shape index (κ3) is 5.70. The molecule has 1 saturated carbocycles. The monoisotopic (exact) mass is 261 g/mol. The molecule has 3 nitrogen and oxygen atoms in total. The van der Waals surface area contributed by atoms with E-state index in [0.717, 1.165) is 25.6 Å². The highest BCUT2D eigenvalue weighted by Crippen LogP contribution is 2.22. The number of nitrogens with zero attached hydrogens (tertiary/aromatic N) is 2. The van der Waals surface area contributed by atoms with Gasteiger partial charge in [0.05, 0.1) is 0 Å². The summed E-state index contributed by atoms with van der Waals surface area (Å²) in [4.78, 5) is 6.41. The Morgan fingerprint density at radius 2 is 1.95 bits per heavy atom. The van der Waals surface area contributed by atoms with Crippen LogP contribution < -0.4 is 5.32 Å². The molecular weight excluding hydrogens is 234 g/mol. The van der Waals surface area contributed by atoms with Crippen molar-refractivity contribution in [2.45, 2.75) is 38.6 Å². The normalized spacial score (nSPS) is 16.9. The van der Waals surface area contributed by atoms with Crippen LogP contribution in [0.3, 0.4) is 0 Å². The average molecular weight is 261 g/mol. The standard InChI is InChI=1S/C16H27N3/c1-19(14-16-7-9-17-10-8-16)12-11-18-13-15-5-3-2-4-6-15/h7-10,15,18H,2-6,11-14H2,1H3. The lowest BCUT2D eigenvalue weighted by molar-refractivity contribution is 0.304. The van der Waals surface area contributed by atoms with E-state index in [1.165, 1.54) is 44.2 Å². The van der Waals surface area contributed by atoms with Crippen molar-refractivity contribution in [3.63, 3.8) is 0 Å². The van der Waals surface area contributed by atoms with Gasteiger partial charge in [-0.2, -0.15) is 0 Å². The first-order valence-electron chi connectivity index (χ1n) is 7.63. The largest absolute Gasteiger partial charge is 0.315 e. The maximum atomic E-state index is 4.05. The fraction of sp³-hybridized carbons (Fsp3) is 0.688. The van der Waals surface area contributed by atoms with Crippen molar-refractivity contribution >= 4 is 0 Å². The first kappa shape index (κ1) is 14.5. The van der Waals surface area contributed by atoms with Gasteiger partial charge in [-0.1, -0.05) is 19.3 Å². The second-order valence-electron chi connectivity index (χ2n) is 5.80. The van der Waals surface area contributed by atoms with Crippen LogP contribution >= 0.6 is 0 Å². The molecule has 1 heterocycles. The van der Waals surface area contributed by atoms with Crippen LogP contribution in [0.25, 0.3) is 0 Å². The van der Waals surface area contributed by atoms with Gasteiger partial charge in [-0.15, -0.1) is 0 Å². The van der Waals surface area contributed by atoms with E-state index < -0.39 is 0 Å². The summed E-state index contributed by atoms with van der Waals surface area (Å²) in [6, 6.07) is 4.18. The van der Waals surface area contributed by atoms with E-state index in [1.807, 2.05) is 12.4 Å². The fourth-order valence-electron chi connectivity index (χ4n) is 2.85. The van der Waals surface area contributed by atoms with E-state index in [-0.39, 0.29) is 0 Å². The highest BCUT2D eigenvalue weighted by Gasteiger charge is 2.12. The molecule has 0 spiro atoms. The molecule has 0 amide bonds. The Kier molecular flexibility index (Phi) is 6.31. The summed E-state index contributed by atoms with van der Waals surface area (Å²) in [5.74, 6) is 0.930. The molecule has 1 aliphatic carbocycles. The Morgan fingerprint density at radius 1 is 1.21 bits per heavy atom. The van der Waals surface area contributed by atoms with E-state index in [9.17, 15) is 0 Å². The summed E-state index contributed by atoms with van der Waals surface area (Å²) in [5.41, 5.74) is 1.34. The minimum absolute atomic E-state index is 0.930. The highest BCUT2D eigenvalue weighted by molar-refractivity contribution is 5.09. The predicted molar refractivity (Wildman–Crippen MR) is 80.0 cm³/mol. The van der Waals surface area contributed by atoms with Crippen molar-refractivity contribution in [2.75, 3.05) is 26.7 Å². The lowest BCUT2D eigenvalue weighted by Crippen LogP contribution is -2.32. The van der Waals surface area contributed by atoms with Crippen LogP contribution in [-0.4, -0.2) is 36.6 Å². The molecule has 3 heteroatoms. The topological polar surface area (TPSA) is 28.2 Å². The maximum Gasteiger partial charge on any atom is 0.0271 e. The van der Waals surface area contributed by atoms with Crippen molar-refractivity contribution in [3.8, 4) is 0 Å². The summed E-state index contributed by atoms with van der Waals surface area (Å²) in [6.45, 7) is 4.42. The summed E-state index contributed by atoms with van der Waals surface area (Å²) in [7, 11) is 2.18. The SMILES string of the molecule is CN(CCNCC1CCCCC1)Cc1ccncc1. The molecule has 19 heavy (non-hydrogen) atoms. The Morgan fingerprint density at radius 3 is 2.68 bits per heavy atom. The van der Waals surface area contributed by atoms with E-state index in [4.69, 9.17) is 0 Å². The van der Waals surface area contributed by atoms with E-state index >= 15 is 0 Å². The van der Waals surface area contributed by atoms with Crippen LogP contribution in [-0.2, 0) is 6.54 Å². The van der Waals surface area contributed by atoms with Gasteiger partial charge in [-0.25, -0.2) is 0 Å². The van der Waals surface area contributed by atoms with Gasteiger partial charge in [0.2, 0.25) is 0 Å². The molecule has 0 radical (unpaired) electrons. The Hall–Kier alpha value is -0.930. The summed E-state index contributed by atoms with van der Waals surface area (Å²) in [6.07, 6.45) is 10.9. The van der Waals surface area contributed by atoms with E-state index in [2.05, 4.69) is 34.4 Å². The van der Waals surface area contributed by atoms with Gasteiger partial charge in [0.15, 0.2) is 0 Å². The third-order valence-corrected chi connectivity index (χ3v) is 4.03. The van der Waals surface area contributed by atoms with Crippen molar-refractivity contribution < 1.29 is 0 Å². The van der Waals surface area contributed by atoms with Crippen LogP contribution in [0.5, 0.6) is 0 Å². The van der Waals surface area contributed by atoms with Crippen LogP contribution in [0.2, 0.25) is 0 Å². The smallest absolute Gasteiger partial charge is 0.0271 e. The number of pyridine rings is 1. The van der Waals surface area contributed by atoms with Crippen molar-refractivity contribution in [3.05, 3.63) is 30.1 Å². The number of hydrogen-bond acceptors (Lipinski definition) is 3. The van der Waals surface area contributed by atoms with E-state index in [0.29, 0.717) is 0 Å². The quantitative estimate of drug-likeness (QED) is 0.765. The molecule has 106 valence electrons. The zero-order chi connectivity index (χ0) is 13.3. The molecule has 1 aliphatic rings. The van der Waals surface area contributed by atoms with Crippen molar-refractivity contribution in [1.29, 1.82) is 0 Å². The van der Waals surface area contributed by atoms with Crippen LogP contribution in [0.15, 0.2) is 24.5 Å². The molecule has 0 unspecified atom stereocenters.